The van der Waals surface area contributed by atoms with Crippen molar-refractivity contribution in [1.29, 1.82) is 0 Å². The summed E-state index contributed by atoms with van der Waals surface area (Å²) < 4.78 is 8.72. The summed E-state index contributed by atoms with van der Waals surface area (Å²) in [7, 11) is 0. The van der Waals surface area contributed by atoms with E-state index in [2.05, 4.69) is 43.8 Å². The van der Waals surface area contributed by atoms with Crippen LogP contribution in [0.1, 0.15) is 66.0 Å². The molecule has 2 N–H and O–H groups in total. The van der Waals surface area contributed by atoms with E-state index in [1.54, 1.807) is 42.8 Å². The van der Waals surface area contributed by atoms with Crippen molar-refractivity contribution in [3.8, 4) is 5.82 Å². The van der Waals surface area contributed by atoms with Crippen molar-refractivity contribution in [1.82, 2.24) is 34.1 Å². The quantitative estimate of drug-likeness (QED) is 0.189. The number of ether oxygens (including phenoxy) is 1. The van der Waals surface area contributed by atoms with Gasteiger partial charge in [0.1, 0.15) is 16.6 Å². The Morgan fingerprint density at radius 2 is 1.67 bits per heavy atom. The van der Waals surface area contributed by atoms with Crippen LogP contribution in [-0.2, 0) is 16.9 Å². The van der Waals surface area contributed by atoms with E-state index in [9.17, 15) is 14.7 Å². The smallest absolute Gasteiger partial charge is 0.410 e. The number of rotatable bonds is 10. The van der Waals surface area contributed by atoms with E-state index in [4.69, 9.17) is 9.72 Å². The zero-order chi connectivity index (χ0) is 38.2. The lowest BCUT2D eigenvalue weighted by atomic mass is 9.73. The van der Waals surface area contributed by atoms with Crippen LogP contribution in [0.15, 0.2) is 66.1 Å². The highest BCUT2D eigenvalue weighted by atomic mass is 16.6. The predicted molar refractivity (Wildman–Crippen MR) is 211 cm³/mol. The molecule has 13 heteroatoms. The van der Waals surface area contributed by atoms with Gasteiger partial charge in [-0.05, 0) is 114 Å². The number of allylic oxidation sites excluding steroid dienone is 1. The zero-order valence-electron chi connectivity index (χ0n) is 32.4. The molecule has 288 valence electrons. The van der Waals surface area contributed by atoms with Crippen LogP contribution in [0.3, 0.4) is 0 Å². The number of hydrogen-bond acceptors (Lipinski definition) is 10. The lowest BCUT2D eigenvalue weighted by Crippen LogP contribution is -2.54. The number of likely N-dealkylation sites (tertiary alicyclic amines) is 1. The number of hydrogen-bond donors (Lipinski definition) is 2. The lowest BCUT2D eigenvalue weighted by Gasteiger charge is -2.46. The Kier molecular flexibility index (Phi) is 10.6. The molecule has 0 atom stereocenters. The van der Waals surface area contributed by atoms with Crippen molar-refractivity contribution in [3.63, 3.8) is 0 Å². The van der Waals surface area contributed by atoms with Crippen LogP contribution in [0.5, 0.6) is 0 Å². The molecule has 3 aliphatic rings. The Bertz CT molecular complexity index is 2010. The zero-order valence-corrected chi connectivity index (χ0v) is 32.4. The first-order chi connectivity index (χ1) is 25.8. The fourth-order valence-corrected chi connectivity index (χ4v) is 8.06. The minimum absolute atomic E-state index is 0.169. The summed E-state index contributed by atoms with van der Waals surface area (Å²) >= 11 is 0. The van der Waals surface area contributed by atoms with Crippen LogP contribution in [-0.4, -0.2) is 96.7 Å². The standard InChI is InChI=1S/C41H55N9O4/c1-7-19-49-37(51)33-24-42-38(45-36(33)50(49)35-10-8-9-34(44-35)41(5,6)53)43-31-15-17-32(18-16-31)47-22-20-46(21-23-47)25-28-11-13-29(14-12-28)30-26-48(27-30)39(52)54-40(2,3)4/h7-10,15-18,24,28-30,53H,1,11-14,19-23,25-27H2,2-6H3,(H,42,43,45). The third kappa shape index (κ3) is 8.32. The molecule has 0 unspecified atom stereocenters. The molecule has 0 bridgehead atoms. The number of benzene rings is 1. The second-order valence-corrected chi connectivity index (χ2v) is 16.7. The first kappa shape index (κ1) is 37.6. The number of carbonyl (C=O) groups is 1. The Labute approximate surface area is 317 Å². The Morgan fingerprint density at radius 1 is 0.963 bits per heavy atom. The SMILES string of the molecule is C=CCn1c(=O)c2cnc(Nc3ccc(N4CCN(CC5CCC(C6CN(C(=O)OC(C)(C)C)C6)CC5)CC4)cc3)nc2n1-c1cccc(C(C)(C)O)n1. The highest BCUT2D eigenvalue weighted by Crippen LogP contribution is 2.38. The maximum Gasteiger partial charge on any atom is 0.410 e. The lowest BCUT2D eigenvalue weighted by molar-refractivity contribution is -0.0167. The second-order valence-electron chi connectivity index (χ2n) is 16.7. The van der Waals surface area contributed by atoms with Crippen LogP contribution in [0.4, 0.5) is 22.1 Å². The third-order valence-electron chi connectivity index (χ3n) is 11.1. The number of aromatic nitrogens is 5. The van der Waals surface area contributed by atoms with Gasteiger partial charge in [-0.3, -0.25) is 9.69 Å². The van der Waals surface area contributed by atoms with Gasteiger partial charge in [0.2, 0.25) is 5.95 Å². The molecule has 1 amide bonds. The van der Waals surface area contributed by atoms with Gasteiger partial charge in [0.15, 0.2) is 11.5 Å². The summed E-state index contributed by atoms with van der Waals surface area (Å²) in [5, 5.41) is 14.3. The van der Waals surface area contributed by atoms with Gasteiger partial charge in [0.25, 0.3) is 5.56 Å². The number of nitrogens with one attached hydrogen (secondary N) is 1. The maximum atomic E-state index is 13.4. The number of amides is 1. The van der Waals surface area contributed by atoms with Gasteiger partial charge in [0.05, 0.1) is 12.2 Å². The Morgan fingerprint density at radius 3 is 2.31 bits per heavy atom. The molecule has 5 heterocycles. The van der Waals surface area contributed by atoms with Crippen LogP contribution in [0.2, 0.25) is 0 Å². The minimum atomic E-state index is -1.16. The Hall–Kier alpha value is -4.75. The molecule has 4 aromatic rings. The van der Waals surface area contributed by atoms with Gasteiger partial charge in [0, 0.05) is 63.4 Å². The summed E-state index contributed by atoms with van der Waals surface area (Å²) in [6.07, 6.45) is 8.12. The molecule has 13 nitrogen and oxygen atoms in total. The van der Waals surface area contributed by atoms with Crippen molar-refractivity contribution in [2.45, 2.75) is 78.0 Å². The molecule has 3 aromatic heterocycles. The fraction of sp³-hybridized carbons (Fsp3) is 0.537. The van der Waals surface area contributed by atoms with E-state index in [1.165, 1.54) is 48.8 Å². The largest absolute Gasteiger partial charge is 0.444 e. The molecule has 1 saturated carbocycles. The van der Waals surface area contributed by atoms with Crippen LogP contribution in [0.25, 0.3) is 16.9 Å². The maximum absolute atomic E-state index is 13.4. The summed E-state index contributed by atoms with van der Waals surface area (Å²) in [6, 6.07) is 13.7. The van der Waals surface area contributed by atoms with E-state index in [-0.39, 0.29) is 18.2 Å². The molecular weight excluding hydrogens is 683 g/mol. The third-order valence-corrected chi connectivity index (χ3v) is 11.1. The molecule has 2 aliphatic heterocycles. The summed E-state index contributed by atoms with van der Waals surface area (Å²) in [5.74, 6) is 2.93. The number of anilines is 3. The molecule has 2 saturated heterocycles. The van der Waals surface area contributed by atoms with Gasteiger partial charge >= 0.3 is 6.09 Å². The highest BCUT2D eigenvalue weighted by molar-refractivity contribution is 5.77. The molecule has 7 rings (SSSR count). The average Bonchev–Trinajstić information content (AvgIpc) is 3.38. The van der Waals surface area contributed by atoms with Crippen LogP contribution >= 0.6 is 0 Å². The topological polar surface area (TPSA) is 134 Å². The molecule has 0 spiro atoms. The van der Waals surface area contributed by atoms with E-state index in [0.29, 0.717) is 34.4 Å². The van der Waals surface area contributed by atoms with Gasteiger partial charge in [-0.1, -0.05) is 12.1 Å². The normalized spacial score (nSPS) is 20.2. The number of aliphatic hydroxyl groups is 1. The summed E-state index contributed by atoms with van der Waals surface area (Å²) in [6.45, 7) is 20.2. The summed E-state index contributed by atoms with van der Waals surface area (Å²) in [4.78, 5) is 46.6. The van der Waals surface area contributed by atoms with Crippen LogP contribution < -0.4 is 15.8 Å². The number of fused-ring (bicyclic) bond motifs is 1. The summed E-state index contributed by atoms with van der Waals surface area (Å²) in [5.41, 5.74) is 1.07. The molecule has 3 fully saturated rings. The molecule has 0 radical (unpaired) electrons. The minimum Gasteiger partial charge on any atom is -0.444 e. The number of carbonyl (C=O) groups excluding carboxylic acids is 1. The van der Waals surface area contributed by atoms with E-state index >= 15 is 0 Å². The van der Waals surface area contributed by atoms with Gasteiger partial charge in [-0.25, -0.2) is 24.1 Å². The van der Waals surface area contributed by atoms with Gasteiger partial charge < -0.3 is 25.0 Å². The van der Waals surface area contributed by atoms with Gasteiger partial charge in [-0.2, -0.15) is 4.98 Å². The van der Waals surface area contributed by atoms with E-state index in [0.717, 1.165) is 56.8 Å². The molecule has 1 aromatic carbocycles. The van der Waals surface area contributed by atoms with Crippen molar-refractivity contribution in [3.05, 3.63) is 77.4 Å². The van der Waals surface area contributed by atoms with Crippen molar-refractivity contribution >= 4 is 34.4 Å². The predicted octanol–water partition coefficient (Wildman–Crippen LogP) is 5.93. The number of piperazine rings is 1. The molecular formula is C41H55N9O4. The first-order valence-electron chi connectivity index (χ1n) is 19.4. The number of pyridine rings is 1. The van der Waals surface area contributed by atoms with Gasteiger partial charge in [-0.15, -0.1) is 6.58 Å². The average molecular weight is 738 g/mol. The second kappa shape index (κ2) is 15.2. The number of nitrogens with zero attached hydrogens (tertiary/aromatic N) is 8. The van der Waals surface area contributed by atoms with E-state index < -0.39 is 11.2 Å². The van der Waals surface area contributed by atoms with Crippen molar-refractivity contribution in [2.24, 2.45) is 17.8 Å². The molecule has 1 aliphatic carbocycles. The highest BCUT2D eigenvalue weighted by Gasteiger charge is 2.39. The van der Waals surface area contributed by atoms with Crippen LogP contribution in [0, 0.1) is 17.8 Å². The first-order valence-corrected chi connectivity index (χ1v) is 19.4. The fourth-order valence-electron chi connectivity index (χ4n) is 8.06. The Balaban J connectivity index is 0.917. The van der Waals surface area contributed by atoms with E-state index in [1.807, 2.05) is 37.8 Å². The molecule has 54 heavy (non-hydrogen) atoms. The monoisotopic (exact) mass is 737 g/mol. The van der Waals surface area contributed by atoms with Crippen molar-refractivity contribution < 1.29 is 14.6 Å². The van der Waals surface area contributed by atoms with Crippen molar-refractivity contribution in [2.75, 3.05) is 56.0 Å².